The van der Waals surface area contributed by atoms with E-state index in [1.165, 1.54) is 16.9 Å². The Bertz CT molecular complexity index is 677. The van der Waals surface area contributed by atoms with E-state index in [0.29, 0.717) is 28.9 Å². The predicted molar refractivity (Wildman–Crippen MR) is 90.9 cm³/mol. The molecule has 0 saturated carbocycles. The van der Waals surface area contributed by atoms with Gasteiger partial charge in [0.2, 0.25) is 0 Å². The summed E-state index contributed by atoms with van der Waals surface area (Å²) in [6, 6.07) is 7.51. The second-order valence-corrected chi connectivity index (χ2v) is 6.21. The summed E-state index contributed by atoms with van der Waals surface area (Å²) in [5, 5.41) is 4.97. The minimum atomic E-state index is -0.319. The maximum atomic E-state index is 12.2. The third-order valence-corrected chi connectivity index (χ3v) is 4.05. The van der Waals surface area contributed by atoms with Gasteiger partial charge in [0.25, 0.3) is 5.91 Å². The van der Waals surface area contributed by atoms with Crippen LogP contribution in [-0.4, -0.2) is 23.5 Å². The zero-order valence-corrected chi connectivity index (χ0v) is 14.3. The molecule has 0 aliphatic heterocycles. The Labute approximate surface area is 139 Å². The van der Waals surface area contributed by atoms with E-state index >= 15 is 0 Å². The zero-order chi connectivity index (χ0) is 16.8. The lowest BCUT2D eigenvalue weighted by Gasteiger charge is -2.06. The lowest BCUT2D eigenvalue weighted by atomic mass is 10.0. The summed E-state index contributed by atoms with van der Waals surface area (Å²) in [7, 11) is 0. The van der Waals surface area contributed by atoms with Crippen molar-refractivity contribution in [3.8, 4) is 0 Å². The molecule has 1 N–H and O–H groups in total. The number of nitrogens with zero attached hydrogens (tertiary/aromatic N) is 1. The molecule has 0 bridgehead atoms. The van der Waals surface area contributed by atoms with Crippen LogP contribution in [-0.2, 0) is 16.0 Å². The number of hydrogen-bond donors (Lipinski definition) is 1. The van der Waals surface area contributed by atoms with Crippen LogP contribution in [0, 0.1) is 0 Å². The van der Waals surface area contributed by atoms with Gasteiger partial charge in [0, 0.05) is 10.9 Å². The van der Waals surface area contributed by atoms with Crippen LogP contribution in [0.5, 0.6) is 0 Å². The lowest BCUT2D eigenvalue weighted by molar-refractivity contribution is -0.142. The number of rotatable bonds is 6. The standard InChI is InChI=1S/C17H20N2O3S/c1-4-22-15(20)9-14-10-23-17(18-14)19-16(21)13-7-5-12(6-8-13)11(2)3/h5-8,10-11H,4,9H2,1-3H3,(H,18,19,21). The molecule has 0 aliphatic rings. The summed E-state index contributed by atoms with van der Waals surface area (Å²) in [5.74, 6) is -0.103. The van der Waals surface area contributed by atoms with Crippen LogP contribution in [0.15, 0.2) is 29.6 Å². The molecule has 0 fully saturated rings. The number of amides is 1. The van der Waals surface area contributed by atoms with Crippen molar-refractivity contribution in [3.05, 3.63) is 46.5 Å². The van der Waals surface area contributed by atoms with Gasteiger partial charge >= 0.3 is 5.97 Å². The smallest absolute Gasteiger partial charge is 0.311 e. The van der Waals surface area contributed by atoms with Crippen molar-refractivity contribution >= 4 is 28.3 Å². The molecule has 0 spiro atoms. The summed E-state index contributed by atoms with van der Waals surface area (Å²) in [4.78, 5) is 27.8. The maximum Gasteiger partial charge on any atom is 0.311 e. The van der Waals surface area contributed by atoms with Gasteiger partial charge in [-0.1, -0.05) is 26.0 Å². The molecule has 5 nitrogen and oxygen atoms in total. The highest BCUT2D eigenvalue weighted by atomic mass is 32.1. The predicted octanol–water partition coefficient (Wildman–Crippen LogP) is 3.62. The number of hydrogen-bond acceptors (Lipinski definition) is 5. The third kappa shape index (κ3) is 4.89. The van der Waals surface area contributed by atoms with E-state index in [-0.39, 0.29) is 18.3 Å². The molecule has 23 heavy (non-hydrogen) atoms. The first kappa shape index (κ1) is 17.1. The van der Waals surface area contributed by atoms with E-state index in [1.54, 1.807) is 24.4 Å². The van der Waals surface area contributed by atoms with E-state index in [2.05, 4.69) is 24.1 Å². The van der Waals surface area contributed by atoms with Gasteiger partial charge in [-0.25, -0.2) is 4.98 Å². The van der Waals surface area contributed by atoms with Gasteiger partial charge in [-0.3, -0.25) is 14.9 Å². The van der Waals surface area contributed by atoms with Gasteiger partial charge in [0.05, 0.1) is 18.7 Å². The number of benzene rings is 1. The summed E-state index contributed by atoms with van der Waals surface area (Å²) >= 11 is 1.29. The average Bonchev–Trinajstić information content (AvgIpc) is 2.94. The molecule has 1 aromatic heterocycles. The van der Waals surface area contributed by atoms with Gasteiger partial charge < -0.3 is 4.74 Å². The first-order valence-corrected chi connectivity index (χ1v) is 8.39. The van der Waals surface area contributed by atoms with Crippen LogP contribution in [0.4, 0.5) is 5.13 Å². The highest BCUT2D eigenvalue weighted by molar-refractivity contribution is 7.14. The van der Waals surface area contributed by atoms with Crippen molar-refractivity contribution in [2.45, 2.75) is 33.1 Å². The minimum absolute atomic E-state index is 0.114. The third-order valence-electron chi connectivity index (χ3n) is 3.24. The molecular formula is C17H20N2O3S. The van der Waals surface area contributed by atoms with Gasteiger partial charge in [-0.15, -0.1) is 11.3 Å². The van der Waals surface area contributed by atoms with Gasteiger partial charge in [-0.05, 0) is 30.5 Å². The normalized spacial score (nSPS) is 10.6. The van der Waals surface area contributed by atoms with Gasteiger partial charge in [-0.2, -0.15) is 0 Å². The number of thiazole rings is 1. The highest BCUT2D eigenvalue weighted by Crippen LogP contribution is 2.19. The van der Waals surface area contributed by atoms with Crippen LogP contribution in [0.1, 0.15) is 48.3 Å². The van der Waals surface area contributed by atoms with Gasteiger partial charge in [0.15, 0.2) is 5.13 Å². The molecule has 0 atom stereocenters. The Hall–Kier alpha value is -2.21. The molecule has 122 valence electrons. The van der Waals surface area contributed by atoms with Crippen molar-refractivity contribution in [2.24, 2.45) is 0 Å². The van der Waals surface area contributed by atoms with Crippen LogP contribution in [0.25, 0.3) is 0 Å². The van der Waals surface area contributed by atoms with Crippen molar-refractivity contribution in [2.75, 3.05) is 11.9 Å². The van der Waals surface area contributed by atoms with Gasteiger partial charge in [0.1, 0.15) is 0 Å². The Balaban J connectivity index is 1.97. The number of nitrogens with one attached hydrogen (secondary N) is 1. The van der Waals surface area contributed by atoms with Crippen LogP contribution in [0.3, 0.4) is 0 Å². The lowest BCUT2D eigenvalue weighted by Crippen LogP contribution is -2.12. The molecule has 0 radical (unpaired) electrons. The SMILES string of the molecule is CCOC(=O)Cc1csc(NC(=O)c2ccc(C(C)C)cc2)n1. The van der Waals surface area contributed by atoms with E-state index in [9.17, 15) is 9.59 Å². The van der Waals surface area contributed by atoms with Crippen LogP contribution in [0.2, 0.25) is 0 Å². The van der Waals surface area contributed by atoms with E-state index in [4.69, 9.17) is 4.74 Å². The molecule has 0 unspecified atom stereocenters. The first-order valence-electron chi connectivity index (χ1n) is 7.51. The fraction of sp³-hybridized carbons (Fsp3) is 0.353. The molecule has 1 heterocycles. The number of carbonyl (C=O) groups excluding carboxylic acids is 2. The Morgan fingerprint density at radius 2 is 1.96 bits per heavy atom. The first-order chi connectivity index (χ1) is 11.0. The molecule has 6 heteroatoms. The fourth-order valence-corrected chi connectivity index (χ4v) is 2.70. The summed E-state index contributed by atoms with van der Waals surface area (Å²) in [6.07, 6.45) is 0.114. The number of ether oxygens (including phenoxy) is 1. The molecule has 1 aromatic carbocycles. The quantitative estimate of drug-likeness (QED) is 0.820. The van der Waals surface area contributed by atoms with Crippen molar-refractivity contribution in [3.63, 3.8) is 0 Å². The Kier molecular flexibility index (Phi) is 5.87. The Morgan fingerprint density at radius 3 is 2.57 bits per heavy atom. The monoisotopic (exact) mass is 332 g/mol. The van der Waals surface area contributed by atoms with E-state index < -0.39 is 0 Å². The van der Waals surface area contributed by atoms with Crippen LogP contribution >= 0.6 is 11.3 Å². The summed E-state index contributed by atoms with van der Waals surface area (Å²) < 4.78 is 4.87. The van der Waals surface area contributed by atoms with Crippen LogP contribution < -0.4 is 5.32 Å². The summed E-state index contributed by atoms with van der Waals surface area (Å²) in [5.41, 5.74) is 2.36. The molecular weight excluding hydrogens is 312 g/mol. The highest BCUT2D eigenvalue weighted by Gasteiger charge is 2.12. The minimum Gasteiger partial charge on any atom is -0.466 e. The number of esters is 1. The molecule has 1 amide bonds. The number of carbonyl (C=O) groups is 2. The van der Waals surface area contributed by atoms with E-state index in [0.717, 1.165) is 0 Å². The number of anilines is 1. The largest absolute Gasteiger partial charge is 0.466 e. The van der Waals surface area contributed by atoms with Crippen molar-refractivity contribution < 1.29 is 14.3 Å². The summed E-state index contributed by atoms with van der Waals surface area (Å²) in [6.45, 7) is 6.32. The molecule has 2 rings (SSSR count). The maximum absolute atomic E-state index is 12.2. The second kappa shape index (κ2) is 7.87. The topological polar surface area (TPSA) is 68.3 Å². The zero-order valence-electron chi connectivity index (χ0n) is 13.5. The number of aromatic nitrogens is 1. The Morgan fingerprint density at radius 1 is 1.26 bits per heavy atom. The second-order valence-electron chi connectivity index (χ2n) is 5.36. The molecule has 0 aliphatic carbocycles. The average molecular weight is 332 g/mol. The van der Waals surface area contributed by atoms with E-state index in [1.807, 2.05) is 12.1 Å². The van der Waals surface area contributed by atoms with Crippen molar-refractivity contribution in [1.82, 2.24) is 4.98 Å². The van der Waals surface area contributed by atoms with Crippen molar-refractivity contribution in [1.29, 1.82) is 0 Å². The fourth-order valence-electron chi connectivity index (χ4n) is 1.99. The molecule has 0 saturated heterocycles. The molecule has 2 aromatic rings.